The lowest BCUT2D eigenvalue weighted by Crippen LogP contribution is -2.49. The molecule has 0 aliphatic carbocycles. The Morgan fingerprint density at radius 3 is 2.56 bits per heavy atom. The van der Waals surface area contributed by atoms with Crippen molar-refractivity contribution >= 4 is 11.9 Å². The fourth-order valence-corrected chi connectivity index (χ4v) is 2.71. The summed E-state index contributed by atoms with van der Waals surface area (Å²) in [6.45, 7) is 4.14. The average molecular weight is 351 g/mol. The number of amides is 1. The molecule has 1 fully saturated rings. The van der Waals surface area contributed by atoms with Gasteiger partial charge in [-0.2, -0.15) is 0 Å². The number of aliphatic carboxylic acids is 1. The Morgan fingerprint density at radius 1 is 1.24 bits per heavy atom. The highest BCUT2D eigenvalue weighted by molar-refractivity contribution is 5.77. The molecular formula is C18H25NO6. The van der Waals surface area contributed by atoms with Gasteiger partial charge in [0.05, 0.1) is 38.9 Å². The molecule has 1 heterocycles. The second-order valence-corrected chi connectivity index (χ2v) is 5.77. The van der Waals surface area contributed by atoms with Gasteiger partial charge in [-0.15, -0.1) is 0 Å². The second-order valence-electron chi connectivity index (χ2n) is 5.77. The van der Waals surface area contributed by atoms with Crippen LogP contribution < -0.4 is 9.47 Å². The van der Waals surface area contributed by atoms with Crippen LogP contribution in [-0.2, 0) is 14.3 Å². The molecule has 1 aromatic rings. The first kappa shape index (κ1) is 19.1. The molecule has 0 saturated carbocycles. The molecule has 0 spiro atoms. The standard InChI is InChI=1S/C18H25NO6/c1-2-24-15-5-7-16(8-6-15)25-10-3-4-17(20)19-9-11-23-13-14(19)12-18(21)22/h5-8,14H,2-4,9-13H2,1H3,(H,21,22). The van der Waals surface area contributed by atoms with Crippen molar-refractivity contribution in [2.45, 2.75) is 32.2 Å². The van der Waals surface area contributed by atoms with Crippen molar-refractivity contribution in [3.8, 4) is 11.5 Å². The molecule has 1 unspecified atom stereocenters. The normalized spacial score (nSPS) is 17.2. The summed E-state index contributed by atoms with van der Waals surface area (Å²) >= 11 is 0. The predicted molar refractivity (Wildman–Crippen MR) is 90.9 cm³/mol. The van der Waals surface area contributed by atoms with Crippen molar-refractivity contribution in [2.75, 3.05) is 33.0 Å². The third-order valence-corrected chi connectivity index (χ3v) is 3.90. The van der Waals surface area contributed by atoms with Gasteiger partial charge in [-0.25, -0.2) is 0 Å². The van der Waals surface area contributed by atoms with E-state index in [4.69, 9.17) is 19.3 Å². The van der Waals surface area contributed by atoms with E-state index in [0.717, 1.165) is 11.5 Å². The van der Waals surface area contributed by atoms with Crippen molar-refractivity contribution in [1.29, 1.82) is 0 Å². The highest BCUT2D eigenvalue weighted by Crippen LogP contribution is 2.18. The predicted octanol–water partition coefficient (Wildman–Crippen LogP) is 1.95. The number of carbonyl (C=O) groups excluding carboxylic acids is 1. The third kappa shape index (κ3) is 6.26. The molecule has 1 amide bonds. The summed E-state index contributed by atoms with van der Waals surface area (Å²) < 4.78 is 16.3. The molecule has 25 heavy (non-hydrogen) atoms. The van der Waals surface area contributed by atoms with E-state index < -0.39 is 5.97 Å². The summed E-state index contributed by atoms with van der Waals surface area (Å²) in [6.07, 6.45) is 0.810. The lowest BCUT2D eigenvalue weighted by Gasteiger charge is -2.34. The van der Waals surface area contributed by atoms with Crippen LogP contribution in [0.15, 0.2) is 24.3 Å². The van der Waals surface area contributed by atoms with Gasteiger partial charge in [0, 0.05) is 13.0 Å². The summed E-state index contributed by atoms with van der Waals surface area (Å²) in [6, 6.07) is 6.96. The number of morpholine rings is 1. The van der Waals surface area contributed by atoms with E-state index >= 15 is 0 Å². The van der Waals surface area contributed by atoms with E-state index in [-0.39, 0.29) is 25.0 Å². The lowest BCUT2D eigenvalue weighted by molar-refractivity contribution is -0.146. The SMILES string of the molecule is CCOc1ccc(OCCCC(=O)N2CCOCC2CC(=O)O)cc1. The molecule has 7 heteroatoms. The van der Waals surface area contributed by atoms with E-state index in [1.165, 1.54) is 0 Å². The summed E-state index contributed by atoms with van der Waals surface area (Å²) in [5.74, 6) is 0.546. The van der Waals surface area contributed by atoms with Gasteiger partial charge in [0.25, 0.3) is 0 Å². The number of ether oxygens (including phenoxy) is 3. The Balaban J connectivity index is 1.72. The Labute approximate surface area is 147 Å². The lowest BCUT2D eigenvalue weighted by atomic mass is 10.1. The van der Waals surface area contributed by atoms with Gasteiger partial charge in [-0.3, -0.25) is 9.59 Å². The minimum Gasteiger partial charge on any atom is -0.494 e. The van der Waals surface area contributed by atoms with Crippen LogP contribution in [0.5, 0.6) is 11.5 Å². The summed E-state index contributed by atoms with van der Waals surface area (Å²) in [5, 5.41) is 8.94. The topological polar surface area (TPSA) is 85.3 Å². The molecule has 1 aliphatic rings. The number of rotatable bonds is 9. The number of benzene rings is 1. The molecule has 0 aromatic heterocycles. The van der Waals surface area contributed by atoms with Crippen LogP contribution in [0, 0.1) is 0 Å². The van der Waals surface area contributed by atoms with E-state index in [1.807, 2.05) is 31.2 Å². The number of hydrogen-bond donors (Lipinski definition) is 1. The maximum atomic E-state index is 12.3. The highest BCUT2D eigenvalue weighted by atomic mass is 16.5. The number of carboxylic acid groups (broad SMARTS) is 1. The molecule has 138 valence electrons. The minimum absolute atomic E-state index is 0.0511. The molecule has 0 bridgehead atoms. The smallest absolute Gasteiger partial charge is 0.305 e. The van der Waals surface area contributed by atoms with Gasteiger partial charge in [0.2, 0.25) is 5.91 Å². The molecular weight excluding hydrogens is 326 g/mol. The molecule has 2 rings (SSSR count). The fraction of sp³-hybridized carbons (Fsp3) is 0.556. The summed E-state index contributed by atoms with van der Waals surface area (Å²) in [7, 11) is 0. The number of nitrogens with zero attached hydrogens (tertiary/aromatic N) is 1. The molecule has 1 aromatic carbocycles. The molecule has 0 radical (unpaired) electrons. The second kappa shape index (κ2) is 9.88. The van der Waals surface area contributed by atoms with Crippen LogP contribution in [0.25, 0.3) is 0 Å². The maximum Gasteiger partial charge on any atom is 0.305 e. The van der Waals surface area contributed by atoms with E-state index in [1.54, 1.807) is 4.90 Å². The van der Waals surface area contributed by atoms with Crippen LogP contribution in [0.3, 0.4) is 0 Å². The largest absolute Gasteiger partial charge is 0.494 e. The first-order chi connectivity index (χ1) is 12.1. The van der Waals surface area contributed by atoms with Gasteiger partial charge >= 0.3 is 5.97 Å². The molecule has 1 N–H and O–H groups in total. The van der Waals surface area contributed by atoms with Crippen LogP contribution in [0.2, 0.25) is 0 Å². The third-order valence-electron chi connectivity index (χ3n) is 3.90. The van der Waals surface area contributed by atoms with Crippen LogP contribution in [0.4, 0.5) is 0 Å². The Bertz CT molecular complexity index is 559. The van der Waals surface area contributed by atoms with Crippen LogP contribution >= 0.6 is 0 Å². The van der Waals surface area contributed by atoms with Crippen LogP contribution in [-0.4, -0.2) is 60.9 Å². The highest BCUT2D eigenvalue weighted by Gasteiger charge is 2.28. The van der Waals surface area contributed by atoms with Gasteiger partial charge in [-0.1, -0.05) is 0 Å². The number of hydrogen-bond acceptors (Lipinski definition) is 5. The van der Waals surface area contributed by atoms with E-state index in [2.05, 4.69) is 0 Å². The zero-order valence-corrected chi connectivity index (χ0v) is 14.5. The molecule has 1 atom stereocenters. The summed E-state index contributed by atoms with van der Waals surface area (Å²) in [4.78, 5) is 24.8. The number of carbonyl (C=O) groups is 2. The zero-order valence-electron chi connectivity index (χ0n) is 14.5. The van der Waals surface area contributed by atoms with Gasteiger partial charge in [-0.05, 0) is 37.6 Å². The molecule has 1 saturated heterocycles. The Kier molecular flexibility index (Phi) is 7.53. The van der Waals surface area contributed by atoms with Gasteiger partial charge < -0.3 is 24.2 Å². The quantitative estimate of drug-likeness (QED) is 0.685. The molecule has 1 aliphatic heterocycles. The monoisotopic (exact) mass is 351 g/mol. The average Bonchev–Trinajstić information content (AvgIpc) is 2.60. The Hall–Kier alpha value is -2.28. The fourth-order valence-electron chi connectivity index (χ4n) is 2.71. The van der Waals surface area contributed by atoms with E-state index in [0.29, 0.717) is 39.2 Å². The maximum absolute atomic E-state index is 12.3. The van der Waals surface area contributed by atoms with Crippen LogP contribution in [0.1, 0.15) is 26.2 Å². The van der Waals surface area contributed by atoms with E-state index in [9.17, 15) is 9.59 Å². The Morgan fingerprint density at radius 2 is 1.92 bits per heavy atom. The molecule has 7 nitrogen and oxygen atoms in total. The van der Waals surface area contributed by atoms with Crippen molar-refractivity contribution in [2.24, 2.45) is 0 Å². The van der Waals surface area contributed by atoms with Crippen molar-refractivity contribution < 1.29 is 28.9 Å². The van der Waals surface area contributed by atoms with Gasteiger partial charge in [0.15, 0.2) is 0 Å². The van der Waals surface area contributed by atoms with Crippen molar-refractivity contribution in [3.63, 3.8) is 0 Å². The van der Waals surface area contributed by atoms with Crippen molar-refractivity contribution in [1.82, 2.24) is 4.90 Å². The first-order valence-corrected chi connectivity index (χ1v) is 8.54. The van der Waals surface area contributed by atoms with Gasteiger partial charge in [0.1, 0.15) is 11.5 Å². The number of carboxylic acids is 1. The zero-order chi connectivity index (χ0) is 18.1. The first-order valence-electron chi connectivity index (χ1n) is 8.54. The summed E-state index contributed by atoms with van der Waals surface area (Å²) in [5.41, 5.74) is 0. The minimum atomic E-state index is -0.924. The van der Waals surface area contributed by atoms with Crippen molar-refractivity contribution in [3.05, 3.63) is 24.3 Å².